The Morgan fingerprint density at radius 3 is 2.64 bits per heavy atom. The van der Waals surface area contributed by atoms with Crippen LogP contribution in [0, 0.1) is 5.92 Å². The number of aliphatic hydroxyl groups is 1. The molecule has 0 aliphatic heterocycles. The third kappa shape index (κ3) is 6.68. The minimum Gasteiger partial charge on any atom is -0.409 e. The number of oxime groups is 1. The molecule has 0 aliphatic rings. The average molecular weight is 203 g/mol. The Labute approximate surface area is 85.0 Å². The molecule has 0 saturated carbocycles. The molecule has 0 rings (SSSR count). The van der Waals surface area contributed by atoms with E-state index in [9.17, 15) is 5.11 Å². The summed E-state index contributed by atoms with van der Waals surface area (Å²) in [6, 6.07) is 0. The molecule has 1 unspecified atom stereocenters. The first-order chi connectivity index (χ1) is 6.57. The largest absolute Gasteiger partial charge is 0.409 e. The van der Waals surface area contributed by atoms with Gasteiger partial charge in [0.1, 0.15) is 5.84 Å². The second-order valence-corrected chi connectivity index (χ2v) is 3.71. The minimum atomic E-state index is -0.307. The summed E-state index contributed by atoms with van der Waals surface area (Å²) in [6.07, 6.45) is 1.07. The van der Waals surface area contributed by atoms with E-state index in [2.05, 4.69) is 10.5 Å². The number of aliphatic hydroxyl groups excluding tert-OH is 1. The fourth-order valence-corrected chi connectivity index (χ4v) is 0.930. The normalized spacial score (nSPS) is 14.7. The van der Waals surface area contributed by atoms with Gasteiger partial charge < -0.3 is 21.4 Å². The molecule has 0 saturated heterocycles. The zero-order valence-corrected chi connectivity index (χ0v) is 8.90. The molecule has 5 heteroatoms. The van der Waals surface area contributed by atoms with E-state index in [0.717, 1.165) is 13.0 Å². The van der Waals surface area contributed by atoms with Crippen molar-refractivity contribution in [3.05, 3.63) is 0 Å². The molecule has 0 aromatic rings. The monoisotopic (exact) mass is 203 g/mol. The van der Waals surface area contributed by atoms with Crippen LogP contribution in [0.25, 0.3) is 0 Å². The van der Waals surface area contributed by atoms with Crippen molar-refractivity contribution < 1.29 is 10.3 Å². The average Bonchev–Trinajstić information content (AvgIpc) is 2.16. The maximum Gasteiger partial charge on any atom is 0.139 e. The third-order valence-electron chi connectivity index (χ3n) is 2.04. The SMILES string of the molecule is CC(C)C(O)CNCCCC(N)=NO. The zero-order chi connectivity index (χ0) is 11.0. The van der Waals surface area contributed by atoms with E-state index >= 15 is 0 Å². The van der Waals surface area contributed by atoms with Crippen molar-refractivity contribution >= 4 is 5.84 Å². The highest BCUT2D eigenvalue weighted by atomic mass is 16.4. The Bertz CT molecular complexity index is 171. The molecule has 0 radical (unpaired) electrons. The van der Waals surface area contributed by atoms with Crippen LogP contribution in [-0.2, 0) is 0 Å². The Morgan fingerprint density at radius 2 is 2.14 bits per heavy atom. The number of nitrogens with zero attached hydrogens (tertiary/aromatic N) is 1. The Kier molecular flexibility index (Phi) is 7.14. The van der Waals surface area contributed by atoms with Gasteiger partial charge in [-0.2, -0.15) is 0 Å². The zero-order valence-electron chi connectivity index (χ0n) is 8.90. The van der Waals surface area contributed by atoms with Crippen LogP contribution < -0.4 is 11.1 Å². The first kappa shape index (κ1) is 13.2. The topological polar surface area (TPSA) is 90.9 Å². The number of nitrogens with two attached hydrogens (primary N) is 1. The van der Waals surface area contributed by atoms with E-state index in [1.807, 2.05) is 13.8 Å². The molecule has 14 heavy (non-hydrogen) atoms. The fourth-order valence-electron chi connectivity index (χ4n) is 0.930. The van der Waals surface area contributed by atoms with Crippen LogP contribution in [0.5, 0.6) is 0 Å². The molecule has 0 spiro atoms. The summed E-state index contributed by atoms with van der Waals surface area (Å²) in [5.74, 6) is 0.516. The molecule has 0 aliphatic carbocycles. The molecule has 0 heterocycles. The van der Waals surface area contributed by atoms with Gasteiger partial charge in [0.05, 0.1) is 6.10 Å². The highest BCUT2D eigenvalue weighted by Gasteiger charge is 2.07. The molecule has 1 atom stereocenters. The lowest BCUT2D eigenvalue weighted by atomic mass is 10.1. The lowest BCUT2D eigenvalue weighted by Crippen LogP contribution is -2.31. The first-order valence-electron chi connectivity index (χ1n) is 4.93. The van der Waals surface area contributed by atoms with Crippen molar-refractivity contribution in [1.29, 1.82) is 0 Å². The van der Waals surface area contributed by atoms with Gasteiger partial charge in [-0.05, 0) is 18.9 Å². The summed E-state index contributed by atoms with van der Waals surface area (Å²) in [5, 5.41) is 23.7. The second kappa shape index (κ2) is 7.58. The minimum absolute atomic E-state index is 0.246. The predicted molar refractivity (Wildman–Crippen MR) is 56.4 cm³/mol. The second-order valence-electron chi connectivity index (χ2n) is 3.71. The summed E-state index contributed by atoms with van der Waals surface area (Å²) in [5.41, 5.74) is 5.29. The molecule has 0 aromatic carbocycles. The van der Waals surface area contributed by atoms with Crippen LogP contribution in [0.2, 0.25) is 0 Å². The van der Waals surface area contributed by atoms with Crippen LogP contribution in [0.1, 0.15) is 26.7 Å². The van der Waals surface area contributed by atoms with Crippen LogP contribution in [0.4, 0.5) is 0 Å². The Balaban J connectivity index is 3.30. The van der Waals surface area contributed by atoms with Crippen LogP contribution in [0.15, 0.2) is 5.16 Å². The van der Waals surface area contributed by atoms with Gasteiger partial charge in [0.25, 0.3) is 0 Å². The van der Waals surface area contributed by atoms with Crippen molar-refractivity contribution in [3.8, 4) is 0 Å². The van der Waals surface area contributed by atoms with Crippen molar-refractivity contribution in [1.82, 2.24) is 5.32 Å². The lowest BCUT2D eigenvalue weighted by molar-refractivity contribution is 0.124. The smallest absolute Gasteiger partial charge is 0.139 e. The molecule has 5 N–H and O–H groups in total. The standard InChI is InChI=1S/C9H21N3O2/c1-7(2)8(13)6-11-5-3-4-9(10)12-14/h7-8,11,13-14H,3-6H2,1-2H3,(H2,10,12). The van der Waals surface area contributed by atoms with Crippen molar-refractivity contribution in [2.75, 3.05) is 13.1 Å². The third-order valence-corrected chi connectivity index (χ3v) is 2.04. The Hall–Kier alpha value is -0.810. The number of hydrogen-bond donors (Lipinski definition) is 4. The van der Waals surface area contributed by atoms with E-state index in [-0.39, 0.29) is 17.9 Å². The summed E-state index contributed by atoms with van der Waals surface area (Å²) in [4.78, 5) is 0. The molecule has 0 aromatic heterocycles. The molecule has 0 fully saturated rings. The molecular weight excluding hydrogens is 182 g/mol. The van der Waals surface area contributed by atoms with Gasteiger partial charge in [0.2, 0.25) is 0 Å². The van der Waals surface area contributed by atoms with Crippen LogP contribution in [-0.4, -0.2) is 35.3 Å². The number of nitrogens with one attached hydrogen (secondary N) is 1. The molecule has 0 bridgehead atoms. The van der Waals surface area contributed by atoms with Gasteiger partial charge in [0, 0.05) is 13.0 Å². The summed E-state index contributed by atoms with van der Waals surface area (Å²) in [7, 11) is 0. The van der Waals surface area contributed by atoms with Gasteiger partial charge in [0.15, 0.2) is 0 Å². The predicted octanol–water partition coefficient (Wildman–Crippen LogP) is 0.120. The van der Waals surface area contributed by atoms with Gasteiger partial charge >= 0.3 is 0 Å². The number of rotatable bonds is 7. The summed E-state index contributed by atoms with van der Waals surface area (Å²) in [6.45, 7) is 5.30. The van der Waals surface area contributed by atoms with E-state index in [0.29, 0.717) is 13.0 Å². The van der Waals surface area contributed by atoms with Crippen molar-refractivity contribution in [3.63, 3.8) is 0 Å². The maximum absolute atomic E-state index is 9.43. The molecule has 0 amide bonds. The van der Waals surface area contributed by atoms with Gasteiger partial charge in [-0.1, -0.05) is 19.0 Å². The lowest BCUT2D eigenvalue weighted by Gasteiger charge is -2.14. The molecule has 5 nitrogen and oxygen atoms in total. The summed E-state index contributed by atoms with van der Waals surface area (Å²) >= 11 is 0. The van der Waals surface area contributed by atoms with Crippen molar-refractivity contribution in [2.45, 2.75) is 32.8 Å². The van der Waals surface area contributed by atoms with E-state index in [1.165, 1.54) is 0 Å². The maximum atomic E-state index is 9.43. The highest BCUT2D eigenvalue weighted by Crippen LogP contribution is 1.98. The van der Waals surface area contributed by atoms with Crippen molar-refractivity contribution in [2.24, 2.45) is 16.8 Å². The molecular formula is C9H21N3O2. The van der Waals surface area contributed by atoms with E-state index in [4.69, 9.17) is 10.9 Å². The van der Waals surface area contributed by atoms with Crippen LogP contribution in [0.3, 0.4) is 0 Å². The number of amidine groups is 1. The fraction of sp³-hybridized carbons (Fsp3) is 0.889. The van der Waals surface area contributed by atoms with E-state index in [1.54, 1.807) is 0 Å². The quantitative estimate of drug-likeness (QED) is 0.155. The van der Waals surface area contributed by atoms with Gasteiger partial charge in [-0.15, -0.1) is 0 Å². The highest BCUT2D eigenvalue weighted by molar-refractivity contribution is 5.79. The molecule has 84 valence electrons. The van der Waals surface area contributed by atoms with Gasteiger partial charge in [-0.25, -0.2) is 0 Å². The summed E-state index contributed by atoms with van der Waals surface area (Å²) < 4.78 is 0. The van der Waals surface area contributed by atoms with Gasteiger partial charge in [-0.3, -0.25) is 0 Å². The van der Waals surface area contributed by atoms with E-state index < -0.39 is 0 Å². The Morgan fingerprint density at radius 1 is 1.50 bits per heavy atom. The number of hydrogen-bond acceptors (Lipinski definition) is 4. The van der Waals surface area contributed by atoms with Crippen LogP contribution >= 0.6 is 0 Å². The first-order valence-corrected chi connectivity index (χ1v) is 4.93.